The van der Waals surface area contributed by atoms with Gasteiger partial charge in [-0.05, 0) is 98.1 Å². The lowest BCUT2D eigenvalue weighted by Crippen LogP contribution is -2.09. The lowest BCUT2D eigenvalue weighted by molar-refractivity contribution is 1.29. The van der Waals surface area contributed by atoms with E-state index in [1.54, 1.807) is 0 Å². The second-order valence-corrected chi connectivity index (χ2v) is 14.4. The van der Waals surface area contributed by atoms with Gasteiger partial charge in [0, 0.05) is 42.6 Å². The first-order valence-electron chi connectivity index (χ1n) is 17.8. The van der Waals surface area contributed by atoms with E-state index in [9.17, 15) is 0 Å². The topological polar surface area (TPSA) is 3.24 Å². The first-order valence-corrected chi connectivity index (χ1v) is 18.6. The van der Waals surface area contributed by atoms with E-state index < -0.39 is 0 Å². The molecule has 0 aliphatic rings. The maximum absolute atomic E-state index is 2.44. The van der Waals surface area contributed by atoms with E-state index in [-0.39, 0.29) is 0 Å². The molecule has 0 fully saturated rings. The molecule has 9 aromatic carbocycles. The molecular formula is C50H33NS. The van der Waals surface area contributed by atoms with Crippen molar-refractivity contribution in [2.24, 2.45) is 0 Å². The summed E-state index contributed by atoms with van der Waals surface area (Å²) in [6, 6.07) is 72.8. The summed E-state index contributed by atoms with van der Waals surface area (Å²) in [5.74, 6) is 0. The smallest absolute Gasteiger partial charge is 0.0468 e. The molecule has 1 aromatic heterocycles. The van der Waals surface area contributed by atoms with E-state index in [2.05, 4.69) is 205 Å². The molecule has 0 aliphatic carbocycles. The minimum absolute atomic E-state index is 1.12. The molecule has 0 amide bonds. The number of benzene rings is 9. The molecule has 0 radical (unpaired) electrons. The predicted octanol–water partition coefficient (Wildman–Crippen LogP) is 14.8. The van der Waals surface area contributed by atoms with Gasteiger partial charge in [-0.25, -0.2) is 0 Å². The molecule has 0 bridgehead atoms. The van der Waals surface area contributed by atoms with Gasteiger partial charge in [0.1, 0.15) is 0 Å². The van der Waals surface area contributed by atoms with Crippen LogP contribution in [0.5, 0.6) is 0 Å². The molecule has 10 rings (SSSR count). The highest BCUT2D eigenvalue weighted by molar-refractivity contribution is 7.26. The average Bonchev–Trinajstić information content (AvgIpc) is 3.60. The molecule has 0 spiro atoms. The van der Waals surface area contributed by atoms with E-state index in [1.807, 2.05) is 11.3 Å². The van der Waals surface area contributed by atoms with Crippen molar-refractivity contribution >= 4 is 70.1 Å². The van der Waals surface area contributed by atoms with Gasteiger partial charge in [-0.3, -0.25) is 0 Å². The largest absolute Gasteiger partial charge is 0.310 e. The Labute approximate surface area is 307 Å². The fraction of sp³-hybridized carbons (Fsp3) is 0. The molecule has 10 aromatic rings. The van der Waals surface area contributed by atoms with Crippen LogP contribution >= 0.6 is 11.3 Å². The van der Waals surface area contributed by atoms with Crippen LogP contribution in [0.15, 0.2) is 200 Å². The Kier molecular flexibility index (Phi) is 7.41. The van der Waals surface area contributed by atoms with Gasteiger partial charge in [0.05, 0.1) is 0 Å². The Hall–Kier alpha value is -6.48. The molecule has 0 saturated carbocycles. The molecule has 0 N–H and O–H groups in total. The van der Waals surface area contributed by atoms with E-state index in [4.69, 9.17) is 0 Å². The molecule has 0 atom stereocenters. The van der Waals surface area contributed by atoms with Gasteiger partial charge in [-0.1, -0.05) is 152 Å². The first kappa shape index (κ1) is 30.4. The number of hydrogen-bond donors (Lipinski definition) is 0. The van der Waals surface area contributed by atoms with Crippen LogP contribution in [0.4, 0.5) is 17.1 Å². The molecule has 2 heteroatoms. The normalized spacial score (nSPS) is 11.5. The number of anilines is 3. The van der Waals surface area contributed by atoms with Crippen LogP contribution in [0.1, 0.15) is 0 Å². The molecule has 244 valence electrons. The highest BCUT2D eigenvalue weighted by Gasteiger charge is 2.18. The van der Waals surface area contributed by atoms with Gasteiger partial charge in [-0.2, -0.15) is 0 Å². The second kappa shape index (κ2) is 12.7. The Morgan fingerprint density at radius 1 is 0.308 bits per heavy atom. The number of rotatable bonds is 6. The zero-order valence-corrected chi connectivity index (χ0v) is 29.2. The Balaban J connectivity index is 1.10. The van der Waals surface area contributed by atoms with Gasteiger partial charge in [0.2, 0.25) is 0 Å². The van der Waals surface area contributed by atoms with Crippen LogP contribution in [0, 0.1) is 0 Å². The van der Waals surface area contributed by atoms with E-state index in [0.29, 0.717) is 0 Å². The van der Waals surface area contributed by atoms with E-state index >= 15 is 0 Å². The third kappa shape index (κ3) is 5.24. The Bertz CT molecular complexity index is 2870. The van der Waals surface area contributed by atoms with Crippen molar-refractivity contribution in [2.45, 2.75) is 0 Å². The van der Waals surface area contributed by atoms with Crippen molar-refractivity contribution in [3.8, 4) is 33.4 Å². The average molecular weight is 680 g/mol. The highest BCUT2D eigenvalue weighted by atomic mass is 32.1. The summed E-state index contributed by atoms with van der Waals surface area (Å²) in [7, 11) is 0. The fourth-order valence-corrected chi connectivity index (χ4v) is 8.92. The minimum Gasteiger partial charge on any atom is -0.310 e. The summed E-state index contributed by atoms with van der Waals surface area (Å²) in [6.07, 6.45) is 0. The zero-order chi connectivity index (χ0) is 34.4. The number of thiophene rings is 1. The predicted molar refractivity (Wildman–Crippen MR) is 225 cm³/mol. The van der Waals surface area contributed by atoms with Crippen molar-refractivity contribution in [3.05, 3.63) is 200 Å². The Morgan fingerprint density at radius 2 is 0.846 bits per heavy atom. The lowest BCUT2D eigenvalue weighted by atomic mass is 9.92. The quantitative estimate of drug-likeness (QED) is 0.169. The maximum atomic E-state index is 2.44. The summed E-state index contributed by atoms with van der Waals surface area (Å²) in [6.45, 7) is 0. The SMILES string of the molecule is c1ccc(-c2ccc(-c3ccc(N(c4ccccc4)c4ccc5sc6c7ccccc7c(-c7cccc8ccccc78)cc6c5c4)cc3)cc2)cc1. The van der Waals surface area contributed by atoms with Gasteiger partial charge >= 0.3 is 0 Å². The molecule has 1 nitrogen and oxygen atoms in total. The second-order valence-electron chi connectivity index (χ2n) is 13.3. The van der Waals surface area contributed by atoms with Crippen molar-refractivity contribution in [1.29, 1.82) is 0 Å². The van der Waals surface area contributed by atoms with Crippen molar-refractivity contribution < 1.29 is 0 Å². The van der Waals surface area contributed by atoms with E-state index in [1.165, 1.54) is 75.1 Å². The summed E-state index contributed by atoms with van der Waals surface area (Å²) in [4.78, 5) is 2.37. The fourth-order valence-electron chi connectivity index (χ4n) is 7.72. The standard InChI is InChI=1S/C50H33NS/c1-3-12-34(13-4-1)35-22-24-36(25-23-35)37-26-28-40(29-27-37)51(39-16-5-2-6-17-39)41-30-31-49-47(32-41)48-33-46(44-19-9-10-20-45(44)50(48)52-49)43-21-11-15-38-14-7-8-18-42(38)43/h1-33H. The molecule has 0 saturated heterocycles. The lowest BCUT2D eigenvalue weighted by Gasteiger charge is -2.26. The van der Waals surface area contributed by atoms with Crippen molar-refractivity contribution in [1.82, 2.24) is 0 Å². The third-order valence-electron chi connectivity index (χ3n) is 10.3. The van der Waals surface area contributed by atoms with Gasteiger partial charge in [0.25, 0.3) is 0 Å². The van der Waals surface area contributed by atoms with Crippen LogP contribution in [0.3, 0.4) is 0 Å². The van der Waals surface area contributed by atoms with Crippen LogP contribution in [0.25, 0.3) is 75.1 Å². The van der Waals surface area contributed by atoms with Crippen molar-refractivity contribution in [2.75, 3.05) is 4.90 Å². The minimum atomic E-state index is 1.12. The molecule has 1 heterocycles. The summed E-state index contributed by atoms with van der Waals surface area (Å²) < 4.78 is 2.63. The van der Waals surface area contributed by atoms with Crippen LogP contribution in [-0.2, 0) is 0 Å². The van der Waals surface area contributed by atoms with Crippen molar-refractivity contribution in [3.63, 3.8) is 0 Å². The molecule has 0 unspecified atom stereocenters. The van der Waals surface area contributed by atoms with E-state index in [0.717, 1.165) is 17.1 Å². The van der Waals surface area contributed by atoms with Crippen LogP contribution in [0.2, 0.25) is 0 Å². The number of hydrogen-bond acceptors (Lipinski definition) is 2. The summed E-state index contributed by atoms with van der Waals surface area (Å²) in [5, 5.41) is 7.71. The Morgan fingerprint density at radius 3 is 1.58 bits per heavy atom. The monoisotopic (exact) mass is 679 g/mol. The van der Waals surface area contributed by atoms with Crippen LogP contribution < -0.4 is 4.90 Å². The molecule has 0 aliphatic heterocycles. The third-order valence-corrected chi connectivity index (χ3v) is 11.5. The van der Waals surface area contributed by atoms with Gasteiger partial charge in [-0.15, -0.1) is 11.3 Å². The first-order chi connectivity index (χ1) is 25.8. The number of para-hydroxylation sites is 1. The zero-order valence-electron chi connectivity index (χ0n) is 28.4. The number of fused-ring (bicyclic) bond motifs is 6. The van der Waals surface area contributed by atoms with Crippen LogP contribution in [-0.4, -0.2) is 0 Å². The molecular weight excluding hydrogens is 647 g/mol. The molecule has 52 heavy (non-hydrogen) atoms. The van der Waals surface area contributed by atoms with Gasteiger partial charge in [0.15, 0.2) is 0 Å². The highest BCUT2D eigenvalue weighted by Crippen LogP contribution is 2.46. The van der Waals surface area contributed by atoms with Gasteiger partial charge < -0.3 is 4.90 Å². The number of nitrogens with zero attached hydrogens (tertiary/aromatic N) is 1. The summed E-state index contributed by atoms with van der Waals surface area (Å²) in [5.41, 5.74) is 10.8. The maximum Gasteiger partial charge on any atom is 0.0468 e. The summed E-state index contributed by atoms with van der Waals surface area (Å²) >= 11 is 1.89.